The molecule has 0 fully saturated rings. The summed E-state index contributed by atoms with van der Waals surface area (Å²) in [6, 6.07) is 0. The molecule has 0 N–H and O–H groups in total. The number of furan rings is 1. The largest absolute Gasteiger partial charge is 0.470 e. The second-order valence-electron chi connectivity index (χ2n) is 2.05. The van der Waals surface area contributed by atoms with E-state index in [9.17, 15) is 0 Å². The summed E-state index contributed by atoms with van der Waals surface area (Å²) in [5, 5.41) is 12.0. The minimum absolute atomic E-state index is 0.757. The molecule has 0 spiro atoms. The Hall–Kier alpha value is -1.45. The van der Waals surface area contributed by atoms with Crippen molar-refractivity contribution in [3.8, 4) is 0 Å². The molecule has 2 heterocycles. The van der Waals surface area contributed by atoms with Crippen LogP contribution in [0.3, 0.4) is 0 Å². The van der Waals surface area contributed by atoms with Gasteiger partial charge in [0, 0.05) is 0 Å². The normalized spacial score (nSPS) is 10.5. The minimum atomic E-state index is 0.757. The van der Waals surface area contributed by atoms with Crippen LogP contribution in [-0.4, -0.2) is 15.4 Å². The van der Waals surface area contributed by atoms with E-state index in [0.29, 0.717) is 0 Å². The fraction of sp³-hybridized carbons (Fsp3) is 0.167. The Bertz CT molecular complexity index is 355. The van der Waals surface area contributed by atoms with E-state index in [1.165, 1.54) is 0 Å². The highest BCUT2D eigenvalue weighted by atomic mass is 16.3. The number of nitrogens with zero attached hydrogens (tertiary/aromatic N) is 3. The molecule has 2 aromatic heterocycles. The number of aryl methyl sites for hydroxylation is 1. The number of hydrogen-bond donors (Lipinski definition) is 0. The highest BCUT2D eigenvalue weighted by molar-refractivity contribution is 5.78. The Morgan fingerprint density at radius 2 is 2.20 bits per heavy atom. The van der Waals surface area contributed by atoms with Crippen LogP contribution in [0.25, 0.3) is 10.9 Å². The molecule has 0 atom stereocenters. The summed E-state index contributed by atoms with van der Waals surface area (Å²) in [4.78, 5) is 0. The lowest BCUT2D eigenvalue weighted by molar-refractivity contribution is 0.571. The number of rotatable bonds is 0. The standard InChI is InChI=1S/C6H5N3O/c1-4-5-2-10-3-6(5)8-9-7-4/h2-3H,1H3. The van der Waals surface area contributed by atoms with Crippen molar-refractivity contribution < 1.29 is 4.42 Å². The molecule has 0 aliphatic heterocycles. The van der Waals surface area contributed by atoms with E-state index in [0.717, 1.165) is 16.6 Å². The van der Waals surface area contributed by atoms with Gasteiger partial charge in [-0.25, -0.2) is 0 Å². The van der Waals surface area contributed by atoms with Gasteiger partial charge in [0.1, 0.15) is 18.0 Å². The SMILES string of the molecule is Cc1nnnc2cocc12. The maximum Gasteiger partial charge on any atom is 0.135 e. The molecule has 0 saturated carbocycles. The maximum atomic E-state index is 4.90. The molecule has 0 radical (unpaired) electrons. The van der Waals surface area contributed by atoms with Crippen molar-refractivity contribution in [3.05, 3.63) is 18.2 Å². The Labute approximate surface area is 56.9 Å². The Balaban J connectivity index is 2.95. The molecule has 4 nitrogen and oxygen atoms in total. The number of hydrogen-bond acceptors (Lipinski definition) is 4. The monoisotopic (exact) mass is 135 g/mol. The molecule has 0 aliphatic rings. The predicted molar refractivity (Wildman–Crippen MR) is 34.3 cm³/mol. The van der Waals surface area contributed by atoms with Crippen molar-refractivity contribution in [2.75, 3.05) is 0 Å². The molecule has 50 valence electrons. The van der Waals surface area contributed by atoms with Crippen molar-refractivity contribution in [3.63, 3.8) is 0 Å². The third-order valence-electron chi connectivity index (χ3n) is 1.38. The fourth-order valence-electron chi connectivity index (χ4n) is 0.830. The summed E-state index contributed by atoms with van der Waals surface area (Å²) in [6.45, 7) is 1.87. The third-order valence-corrected chi connectivity index (χ3v) is 1.38. The zero-order chi connectivity index (χ0) is 6.97. The summed E-state index contributed by atoms with van der Waals surface area (Å²) in [7, 11) is 0. The van der Waals surface area contributed by atoms with E-state index in [1.54, 1.807) is 12.5 Å². The zero-order valence-electron chi connectivity index (χ0n) is 5.40. The van der Waals surface area contributed by atoms with Gasteiger partial charge in [-0.3, -0.25) is 0 Å². The van der Waals surface area contributed by atoms with Crippen molar-refractivity contribution in [2.24, 2.45) is 0 Å². The van der Waals surface area contributed by atoms with Crippen LogP contribution >= 0.6 is 0 Å². The lowest BCUT2D eigenvalue weighted by Crippen LogP contribution is -1.88. The van der Waals surface area contributed by atoms with Crippen molar-refractivity contribution in [1.82, 2.24) is 15.4 Å². The second kappa shape index (κ2) is 1.76. The van der Waals surface area contributed by atoms with Crippen LogP contribution in [-0.2, 0) is 0 Å². The average molecular weight is 135 g/mol. The van der Waals surface area contributed by atoms with Crippen LogP contribution in [0, 0.1) is 6.92 Å². The molecule has 4 heteroatoms. The van der Waals surface area contributed by atoms with Gasteiger partial charge in [-0.05, 0) is 12.1 Å². The van der Waals surface area contributed by atoms with Gasteiger partial charge in [0.2, 0.25) is 0 Å². The Morgan fingerprint density at radius 1 is 1.30 bits per heavy atom. The van der Waals surface area contributed by atoms with Crippen LogP contribution in [0.1, 0.15) is 5.69 Å². The molecular formula is C6H5N3O. The predicted octanol–water partition coefficient (Wildman–Crippen LogP) is 0.926. The summed E-state index contributed by atoms with van der Waals surface area (Å²) in [5.74, 6) is 0. The third kappa shape index (κ3) is 0.586. The van der Waals surface area contributed by atoms with E-state index in [1.807, 2.05) is 6.92 Å². The lowest BCUT2D eigenvalue weighted by Gasteiger charge is -1.86. The second-order valence-corrected chi connectivity index (χ2v) is 2.05. The van der Waals surface area contributed by atoms with Gasteiger partial charge in [-0.15, -0.1) is 10.2 Å². The van der Waals surface area contributed by atoms with Crippen LogP contribution < -0.4 is 0 Å². The number of aromatic nitrogens is 3. The first kappa shape index (κ1) is 5.34. The van der Waals surface area contributed by atoms with E-state index in [-0.39, 0.29) is 0 Å². The summed E-state index contributed by atoms with van der Waals surface area (Å²) in [6.07, 6.45) is 3.17. The summed E-state index contributed by atoms with van der Waals surface area (Å²) < 4.78 is 4.90. The first-order valence-corrected chi connectivity index (χ1v) is 2.90. The van der Waals surface area contributed by atoms with Crippen molar-refractivity contribution in [2.45, 2.75) is 6.92 Å². The smallest absolute Gasteiger partial charge is 0.135 e. The summed E-state index contributed by atoms with van der Waals surface area (Å²) >= 11 is 0. The average Bonchev–Trinajstić information content (AvgIpc) is 2.36. The van der Waals surface area contributed by atoms with Gasteiger partial charge >= 0.3 is 0 Å². The molecule has 0 bridgehead atoms. The minimum Gasteiger partial charge on any atom is -0.470 e. The molecular weight excluding hydrogens is 130 g/mol. The van der Waals surface area contributed by atoms with Gasteiger partial charge in [-0.1, -0.05) is 0 Å². The lowest BCUT2D eigenvalue weighted by atomic mass is 10.3. The Kier molecular flexibility index (Phi) is 0.943. The first-order valence-electron chi connectivity index (χ1n) is 2.90. The molecule has 2 rings (SSSR count). The Morgan fingerprint density at radius 3 is 3.00 bits per heavy atom. The topological polar surface area (TPSA) is 51.8 Å². The molecule has 0 unspecified atom stereocenters. The highest BCUT2D eigenvalue weighted by Crippen LogP contribution is 2.12. The van der Waals surface area contributed by atoms with Gasteiger partial charge in [-0.2, -0.15) is 0 Å². The van der Waals surface area contributed by atoms with Crippen LogP contribution in [0.15, 0.2) is 16.9 Å². The fourth-order valence-corrected chi connectivity index (χ4v) is 0.830. The van der Waals surface area contributed by atoms with Crippen LogP contribution in [0.4, 0.5) is 0 Å². The number of fused-ring (bicyclic) bond motifs is 1. The summed E-state index contributed by atoms with van der Waals surface area (Å²) in [5.41, 5.74) is 1.60. The maximum absolute atomic E-state index is 4.90. The zero-order valence-corrected chi connectivity index (χ0v) is 5.40. The van der Waals surface area contributed by atoms with Gasteiger partial charge < -0.3 is 4.42 Å². The van der Waals surface area contributed by atoms with Gasteiger partial charge in [0.15, 0.2) is 0 Å². The van der Waals surface area contributed by atoms with Crippen molar-refractivity contribution in [1.29, 1.82) is 0 Å². The van der Waals surface area contributed by atoms with E-state index in [2.05, 4.69) is 15.4 Å². The molecule has 10 heavy (non-hydrogen) atoms. The first-order chi connectivity index (χ1) is 4.88. The molecule has 0 amide bonds. The van der Waals surface area contributed by atoms with E-state index >= 15 is 0 Å². The highest BCUT2D eigenvalue weighted by Gasteiger charge is 2.00. The molecule has 0 saturated heterocycles. The molecule has 2 aromatic rings. The van der Waals surface area contributed by atoms with Gasteiger partial charge in [0.25, 0.3) is 0 Å². The van der Waals surface area contributed by atoms with E-state index < -0.39 is 0 Å². The molecule has 0 aromatic carbocycles. The van der Waals surface area contributed by atoms with Gasteiger partial charge in [0.05, 0.1) is 11.1 Å². The quantitative estimate of drug-likeness (QED) is 0.539. The van der Waals surface area contributed by atoms with Crippen LogP contribution in [0.2, 0.25) is 0 Å². The van der Waals surface area contributed by atoms with E-state index in [4.69, 9.17) is 4.42 Å². The van der Waals surface area contributed by atoms with Crippen molar-refractivity contribution >= 4 is 10.9 Å². The molecule has 0 aliphatic carbocycles. The van der Waals surface area contributed by atoms with Crippen LogP contribution in [0.5, 0.6) is 0 Å².